The maximum absolute atomic E-state index is 5.17. The van der Waals surface area contributed by atoms with Crippen LogP contribution in [0.4, 0.5) is 0 Å². The van der Waals surface area contributed by atoms with Crippen LogP contribution in [0.15, 0.2) is 30.3 Å². The van der Waals surface area contributed by atoms with Crippen LogP contribution in [0.2, 0.25) is 0 Å². The molecule has 0 radical (unpaired) electrons. The Hall–Kier alpha value is -0.970. The number of aryl methyl sites for hydroxylation is 1. The molecule has 0 aromatic heterocycles. The topological polar surface area (TPSA) is 30.5 Å². The molecule has 0 aliphatic rings. The molecule has 0 saturated heterocycles. The first kappa shape index (κ1) is 19.0. The third-order valence-electron chi connectivity index (χ3n) is 2.89. The SMILES string of the molecule is CCCC(=S)NCC(C)(OC)OC.Cc1ccccc1. The average molecular weight is 297 g/mol. The Balaban J connectivity index is 0.000000428. The lowest BCUT2D eigenvalue weighted by Gasteiger charge is -2.27. The molecule has 114 valence electrons. The van der Waals surface area contributed by atoms with Crippen LogP contribution in [0.3, 0.4) is 0 Å². The monoisotopic (exact) mass is 297 g/mol. The Bertz CT molecular complexity index is 364. The van der Waals surface area contributed by atoms with Crippen LogP contribution >= 0.6 is 12.2 Å². The fourth-order valence-corrected chi connectivity index (χ4v) is 1.61. The fraction of sp³-hybridized carbons (Fsp3) is 0.562. The van der Waals surface area contributed by atoms with E-state index in [1.807, 2.05) is 25.1 Å². The van der Waals surface area contributed by atoms with Gasteiger partial charge in [-0.3, -0.25) is 0 Å². The predicted octanol–water partition coefficient (Wildman–Crippen LogP) is 3.71. The normalized spacial score (nSPS) is 10.4. The molecule has 20 heavy (non-hydrogen) atoms. The smallest absolute Gasteiger partial charge is 0.182 e. The second kappa shape index (κ2) is 10.8. The minimum atomic E-state index is -0.586. The molecule has 4 heteroatoms. The van der Waals surface area contributed by atoms with E-state index in [2.05, 4.69) is 31.3 Å². The maximum Gasteiger partial charge on any atom is 0.182 e. The molecule has 0 aliphatic carbocycles. The molecule has 3 nitrogen and oxygen atoms in total. The highest BCUT2D eigenvalue weighted by atomic mass is 32.1. The summed E-state index contributed by atoms with van der Waals surface area (Å²) in [6.07, 6.45) is 1.97. The van der Waals surface area contributed by atoms with Crippen LogP contribution in [0.5, 0.6) is 0 Å². The minimum Gasteiger partial charge on any atom is -0.374 e. The van der Waals surface area contributed by atoms with Gasteiger partial charge in [-0.15, -0.1) is 0 Å². The summed E-state index contributed by atoms with van der Waals surface area (Å²) in [5.41, 5.74) is 1.32. The van der Waals surface area contributed by atoms with Crippen LogP contribution in [0, 0.1) is 6.92 Å². The number of ether oxygens (including phenoxy) is 2. The van der Waals surface area contributed by atoms with Gasteiger partial charge in [-0.1, -0.05) is 55.0 Å². The number of benzene rings is 1. The van der Waals surface area contributed by atoms with Gasteiger partial charge in [-0.05, 0) is 26.7 Å². The van der Waals surface area contributed by atoms with Crippen molar-refractivity contribution < 1.29 is 9.47 Å². The number of thiocarbonyl (C=S) groups is 1. The Labute approximate surface area is 128 Å². The largest absolute Gasteiger partial charge is 0.374 e. The van der Waals surface area contributed by atoms with Gasteiger partial charge in [0.25, 0.3) is 0 Å². The highest BCUT2D eigenvalue weighted by Crippen LogP contribution is 2.07. The zero-order valence-corrected chi connectivity index (χ0v) is 14.0. The molecule has 1 aromatic rings. The number of hydrogen-bond donors (Lipinski definition) is 1. The molecule has 0 saturated carbocycles. The van der Waals surface area contributed by atoms with Crippen molar-refractivity contribution in [3.8, 4) is 0 Å². The van der Waals surface area contributed by atoms with Crippen LogP contribution in [0.1, 0.15) is 32.3 Å². The van der Waals surface area contributed by atoms with Crippen molar-refractivity contribution >= 4 is 17.2 Å². The summed E-state index contributed by atoms with van der Waals surface area (Å²) in [6.45, 7) is 6.63. The van der Waals surface area contributed by atoms with Gasteiger partial charge in [0.1, 0.15) is 0 Å². The Morgan fingerprint density at radius 1 is 1.20 bits per heavy atom. The molecular formula is C16H27NO2S. The lowest BCUT2D eigenvalue weighted by Crippen LogP contribution is -2.43. The van der Waals surface area contributed by atoms with E-state index in [1.54, 1.807) is 14.2 Å². The molecule has 1 rings (SSSR count). The van der Waals surface area contributed by atoms with Crippen molar-refractivity contribution in [2.75, 3.05) is 20.8 Å². The van der Waals surface area contributed by atoms with Gasteiger partial charge in [0.15, 0.2) is 5.79 Å². The number of nitrogens with one attached hydrogen (secondary N) is 1. The summed E-state index contributed by atoms with van der Waals surface area (Å²) in [4.78, 5) is 0.864. The molecule has 0 atom stereocenters. The van der Waals surface area contributed by atoms with E-state index in [1.165, 1.54) is 5.56 Å². The van der Waals surface area contributed by atoms with Crippen molar-refractivity contribution in [2.45, 2.75) is 39.4 Å². The predicted molar refractivity (Wildman–Crippen MR) is 89.1 cm³/mol. The van der Waals surface area contributed by atoms with Gasteiger partial charge in [-0.2, -0.15) is 0 Å². The average Bonchev–Trinajstić information content (AvgIpc) is 2.47. The lowest BCUT2D eigenvalue weighted by atomic mass is 10.2. The Morgan fingerprint density at radius 3 is 2.10 bits per heavy atom. The van der Waals surface area contributed by atoms with Crippen molar-refractivity contribution in [2.24, 2.45) is 0 Å². The second-order valence-electron chi connectivity index (χ2n) is 4.72. The molecule has 0 bridgehead atoms. The summed E-state index contributed by atoms with van der Waals surface area (Å²) < 4.78 is 10.3. The standard InChI is InChI=1S/C9H19NO2S.C7H8/c1-5-6-8(13)10-7-9(2,11-3)12-4;1-7-5-3-2-4-6-7/h5-7H2,1-4H3,(H,10,13);2-6H,1H3. The number of hydrogen-bond acceptors (Lipinski definition) is 3. The highest BCUT2D eigenvalue weighted by Gasteiger charge is 2.22. The van der Waals surface area contributed by atoms with E-state index in [-0.39, 0.29) is 0 Å². The Kier molecular flexibility index (Phi) is 10.3. The second-order valence-corrected chi connectivity index (χ2v) is 5.22. The van der Waals surface area contributed by atoms with Gasteiger partial charge in [-0.25, -0.2) is 0 Å². The van der Waals surface area contributed by atoms with Crippen LogP contribution < -0.4 is 5.32 Å². The number of rotatable bonds is 6. The van der Waals surface area contributed by atoms with E-state index >= 15 is 0 Å². The molecule has 0 fully saturated rings. The van der Waals surface area contributed by atoms with Crippen LogP contribution in [-0.4, -0.2) is 31.5 Å². The van der Waals surface area contributed by atoms with E-state index in [9.17, 15) is 0 Å². The quantitative estimate of drug-likeness (QED) is 0.640. The summed E-state index contributed by atoms with van der Waals surface area (Å²) >= 11 is 5.09. The van der Waals surface area contributed by atoms with Crippen molar-refractivity contribution in [3.63, 3.8) is 0 Å². The van der Waals surface area contributed by atoms with E-state index < -0.39 is 5.79 Å². The zero-order valence-electron chi connectivity index (χ0n) is 13.2. The van der Waals surface area contributed by atoms with Gasteiger partial charge < -0.3 is 14.8 Å². The molecule has 1 N–H and O–H groups in total. The fourth-order valence-electron chi connectivity index (χ4n) is 1.34. The van der Waals surface area contributed by atoms with Gasteiger partial charge in [0.05, 0.1) is 11.5 Å². The van der Waals surface area contributed by atoms with Crippen LogP contribution in [0.25, 0.3) is 0 Å². The summed E-state index contributed by atoms with van der Waals surface area (Å²) in [6, 6.07) is 10.3. The molecular weight excluding hydrogens is 270 g/mol. The van der Waals surface area contributed by atoms with E-state index in [0.29, 0.717) is 6.54 Å². The van der Waals surface area contributed by atoms with Gasteiger partial charge >= 0.3 is 0 Å². The van der Waals surface area contributed by atoms with Crippen molar-refractivity contribution in [3.05, 3.63) is 35.9 Å². The van der Waals surface area contributed by atoms with Crippen molar-refractivity contribution in [1.29, 1.82) is 0 Å². The maximum atomic E-state index is 5.17. The Morgan fingerprint density at radius 2 is 1.75 bits per heavy atom. The molecule has 1 aromatic carbocycles. The van der Waals surface area contributed by atoms with Crippen molar-refractivity contribution in [1.82, 2.24) is 5.32 Å². The third-order valence-corrected chi connectivity index (χ3v) is 3.24. The van der Waals surface area contributed by atoms with E-state index in [4.69, 9.17) is 21.7 Å². The highest BCUT2D eigenvalue weighted by molar-refractivity contribution is 7.80. The first-order valence-corrected chi connectivity index (χ1v) is 7.27. The molecule has 0 aliphatic heterocycles. The lowest BCUT2D eigenvalue weighted by molar-refractivity contribution is -0.187. The van der Waals surface area contributed by atoms with Gasteiger partial charge in [0.2, 0.25) is 0 Å². The molecule has 0 unspecified atom stereocenters. The van der Waals surface area contributed by atoms with Crippen LogP contribution in [-0.2, 0) is 9.47 Å². The summed E-state index contributed by atoms with van der Waals surface area (Å²) in [5.74, 6) is -0.586. The molecule has 0 amide bonds. The first-order valence-electron chi connectivity index (χ1n) is 6.86. The van der Waals surface area contributed by atoms with E-state index in [0.717, 1.165) is 17.8 Å². The zero-order chi connectivity index (χ0) is 15.4. The first-order chi connectivity index (χ1) is 9.47. The summed E-state index contributed by atoms with van der Waals surface area (Å²) in [5, 5.41) is 3.11. The minimum absolute atomic E-state index is 0.582. The summed E-state index contributed by atoms with van der Waals surface area (Å²) in [7, 11) is 3.24. The van der Waals surface area contributed by atoms with Gasteiger partial charge in [0, 0.05) is 14.2 Å². The third kappa shape index (κ3) is 9.02. The number of methoxy groups -OCH3 is 2. The molecule has 0 heterocycles. The molecule has 0 spiro atoms.